The average molecular weight is 291 g/mol. The number of carbonyl (C=O) groups excluding carboxylic acids is 1. The molecule has 0 aliphatic carbocycles. The van der Waals surface area contributed by atoms with Crippen LogP contribution in [0, 0.1) is 5.92 Å². The van der Waals surface area contributed by atoms with E-state index < -0.39 is 0 Å². The molecule has 2 rings (SSSR count). The van der Waals surface area contributed by atoms with Crippen molar-refractivity contribution in [1.82, 2.24) is 4.90 Å². The third-order valence-electron chi connectivity index (χ3n) is 3.97. The van der Waals surface area contributed by atoms with Crippen LogP contribution >= 0.6 is 0 Å². The normalized spacial score (nSPS) is 19.4. The van der Waals surface area contributed by atoms with Crippen molar-refractivity contribution in [3.05, 3.63) is 24.3 Å². The van der Waals surface area contributed by atoms with Crippen molar-refractivity contribution in [1.29, 1.82) is 0 Å². The summed E-state index contributed by atoms with van der Waals surface area (Å²) in [5.41, 5.74) is 7.08. The Morgan fingerprint density at radius 1 is 1.48 bits per heavy atom. The highest BCUT2D eigenvalue weighted by Crippen LogP contribution is 2.19. The molecule has 1 unspecified atom stereocenters. The molecule has 0 bridgehead atoms. The number of piperidine rings is 1. The molecule has 0 spiro atoms. The van der Waals surface area contributed by atoms with E-state index in [2.05, 4.69) is 10.2 Å². The predicted octanol–water partition coefficient (Wildman–Crippen LogP) is 1.69. The number of benzene rings is 1. The van der Waals surface area contributed by atoms with Crippen molar-refractivity contribution >= 4 is 17.3 Å². The summed E-state index contributed by atoms with van der Waals surface area (Å²) in [4.78, 5) is 14.3. The Labute approximate surface area is 126 Å². The fourth-order valence-corrected chi connectivity index (χ4v) is 2.87. The second-order valence-electron chi connectivity index (χ2n) is 5.74. The van der Waals surface area contributed by atoms with Gasteiger partial charge in [-0.2, -0.15) is 0 Å². The number of carbonyl (C=O) groups is 1. The minimum absolute atomic E-state index is 0.0184. The monoisotopic (exact) mass is 291 g/mol. The Morgan fingerprint density at radius 2 is 2.33 bits per heavy atom. The zero-order valence-electron chi connectivity index (χ0n) is 12.4. The smallest absolute Gasteiger partial charge is 0.225 e. The summed E-state index contributed by atoms with van der Waals surface area (Å²) in [5, 5.41) is 11.9. The van der Waals surface area contributed by atoms with Crippen molar-refractivity contribution in [3.8, 4) is 0 Å². The summed E-state index contributed by atoms with van der Waals surface area (Å²) in [6, 6.07) is 7.22. The third kappa shape index (κ3) is 5.36. The lowest BCUT2D eigenvalue weighted by Crippen LogP contribution is -2.37. The lowest BCUT2D eigenvalue weighted by Gasteiger charge is -2.32. The number of nitrogens with two attached hydrogens (primary N) is 1. The molecule has 21 heavy (non-hydrogen) atoms. The zero-order valence-corrected chi connectivity index (χ0v) is 12.4. The maximum Gasteiger partial charge on any atom is 0.225 e. The van der Waals surface area contributed by atoms with Crippen LogP contribution in [-0.4, -0.2) is 42.2 Å². The number of anilines is 2. The average Bonchev–Trinajstić information content (AvgIpc) is 2.46. The van der Waals surface area contributed by atoms with E-state index in [1.54, 1.807) is 12.1 Å². The maximum absolute atomic E-state index is 12.0. The maximum atomic E-state index is 12.0. The fourth-order valence-electron chi connectivity index (χ4n) is 2.87. The number of hydrogen-bond acceptors (Lipinski definition) is 4. The van der Waals surface area contributed by atoms with E-state index in [4.69, 9.17) is 10.8 Å². The summed E-state index contributed by atoms with van der Waals surface area (Å²) < 4.78 is 0. The first-order valence-corrected chi connectivity index (χ1v) is 7.66. The summed E-state index contributed by atoms with van der Waals surface area (Å²) >= 11 is 0. The van der Waals surface area contributed by atoms with E-state index in [9.17, 15) is 4.79 Å². The quantitative estimate of drug-likeness (QED) is 0.697. The van der Waals surface area contributed by atoms with Gasteiger partial charge in [0.2, 0.25) is 5.91 Å². The van der Waals surface area contributed by atoms with E-state index in [0.29, 0.717) is 18.0 Å². The number of hydrogen-bond donors (Lipinski definition) is 3. The number of aliphatic hydroxyl groups excluding tert-OH is 1. The highest BCUT2D eigenvalue weighted by atomic mass is 16.3. The first kappa shape index (κ1) is 15.8. The van der Waals surface area contributed by atoms with Gasteiger partial charge in [0.05, 0.1) is 0 Å². The van der Waals surface area contributed by atoms with Gasteiger partial charge in [0.15, 0.2) is 0 Å². The number of aliphatic hydroxyl groups is 1. The molecule has 4 N–H and O–H groups in total. The van der Waals surface area contributed by atoms with Crippen LogP contribution in [0.15, 0.2) is 24.3 Å². The van der Waals surface area contributed by atoms with Gasteiger partial charge in [-0.25, -0.2) is 0 Å². The zero-order chi connectivity index (χ0) is 15.1. The van der Waals surface area contributed by atoms with E-state index in [1.807, 2.05) is 12.1 Å². The molecule has 1 aromatic rings. The molecule has 0 radical (unpaired) electrons. The van der Waals surface area contributed by atoms with Gasteiger partial charge in [-0.1, -0.05) is 6.07 Å². The number of nitrogen functional groups attached to an aromatic ring is 1. The summed E-state index contributed by atoms with van der Waals surface area (Å²) in [6.07, 6.45) is 3.70. The molecular weight excluding hydrogens is 266 g/mol. The van der Waals surface area contributed by atoms with Gasteiger partial charge in [-0.15, -0.1) is 0 Å². The summed E-state index contributed by atoms with van der Waals surface area (Å²) in [5.74, 6) is 0.589. The first-order chi connectivity index (χ1) is 10.2. The molecule has 5 heteroatoms. The molecule has 1 aliphatic rings. The Balaban J connectivity index is 1.73. The lowest BCUT2D eigenvalue weighted by molar-refractivity contribution is -0.116. The SMILES string of the molecule is Nc1cccc(NC(=O)CCN2CCCC(CCO)C2)c1. The molecule has 0 aromatic heterocycles. The number of nitrogens with zero attached hydrogens (tertiary/aromatic N) is 1. The van der Waals surface area contributed by atoms with Gasteiger partial charge in [-0.05, 0) is 49.9 Å². The van der Waals surface area contributed by atoms with Crippen LogP contribution in [0.4, 0.5) is 11.4 Å². The highest BCUT2D eigenvalue weighted by molar-refractivity contribution is 5.91. The van der Waals surface area contributed by atoms with Crippen molar-refractivity contribution in [3.63, 3.8) is 0 Å². The Kier molecular flexibility index (Phi) is 6.02. The Hall–Kier alpha value is -1.59. The first-order valence-electron chi connectivity index (χ1n) is 7.66. The van der Waals surface area contributed by atoms with Gasteiger partial charge in [-0.3, -0.25) is 4.79 Å². The van der Waals surface area contributed by atoms with Crippen molar-refractivity contribution in [2.24, 2.45) is 5.92 Å². The number of amides is 1. The van der Waals surface area contributed by atoms with Gasteiger partial charge in [0.1, 0.15) is 0 Å². The van der Waals surface area contributed by atoms with Crippen LogP contribution in [0.2, 0.25) is 0 Å². The molecule has 1 fully saturated rings. The molecule has 1 heterocycles. The Bertz CT molecular complexity index is 463. The molecule has 1 aromatic carbocycles. The van der Waals surface area contributed by atoms with E-state index >= 15 is 0 Å². The predicted molar refractivity (Wildman–Crippen MR) is 85.0 cm³/mol. The van der Waals surface area contributed by atoms with Crippen molar-refractivity contribution in [2.45, 2.75) is 25.7 Å². The van der Waals surface area contributed by atoms with Crippen LogP contribution in [-0.2, 0) is 4.79 Å². The van der Waals surface area contributed by atoms with Crippen LogP contribution in [0.1, 0.15) is 25.7 Å². The molecule has 1 aliphatic heterocycles. The topological polar surface area (TPSA) is 78.6 Å². The van der Waals surface area contributed by atoms with Gasteiger partial charge < -0.3 is 21.1 Å². The molecule has 0 saturated carbocycles. The van der Waals surface area contributed by atoms with Crippen LogP contribution in [0.5, 0.6) is 0 Å². The fraction of sp³-hybridized carbons (Fsp3) is 0.562. The van der Waals surface area contributed by atoms with Crippen LogP contribution in [0.3, 0.4) is 0 Å². The minimum Gasteiger partial charge on any atom is -0.399 e. The standard InChI is InChI=1S/C16H25N3O2/c17-14-4-1-5-15(11-14)18-16(21)6-9-19-8-2-3-13(12-19)7-10-20/h1,4-5,11,13,20H,2-3,6-10,12,17H2,(H,18,21). The second-order valence-corrected chi connectivity index (χ2v) is 5.74. The van der Waals surface area contributed by atoms with E-state index in [1.165, 1.54) is 6.42 Å². The van der Waals surface area contributed by atoms with Gasteiger partial charge >= 0.3 is 0 Å². The minimum atomic E-state index is 0.0184. The van der Waals surface area contributed by atoms with Gasteiger partial charge in [0, 0.05) is 37.5 Å². The molecule has 1 atom stereocenters. The van der Waals surface area contributed by atoms with Crippen LogP contribution in [0.25, 0.3) is 0 Å². The summed E-state index contributed by atoms with van der Waals surface area (Å²) in [7, 11) is 0. The number of nitrogens with one attached hydrogen (secondary N) is 1. The van der Waals surface area contributed by atoms with E-state index in [0.717, 1.165) is 38.2 Å². The largest absolute Gasteiger partial charge is 0.399 e. The van der Waals surface area contributed by atoms with E-state index in [-0.39, 0.29) is 12.5 Å². The highest BCUT2D eigenvalue weighted by Gasteiger charge is 2.19. The Morgan fingerprint density at radius 3 is 3.10 bits per heavy atom. The summed E-state index contributed by atoms with van der Waals surface area (Å²) in [6.45, 7) is 3.07. The molecule has 1 saturated heterocycles. The lowest BCUT2D eigenvalue weighted by atomic mass is 9.95. The number of rotatable bonds is 6. The van der Waals surface area contributed by atoms with Crippen molar-refractivity contribution < 1.29 is 9.90 Å². The van der Waals surface area contributed by atoms with Gasteiger partial charge in [0.25, 0.3) is 0 Å². The van der Waals surface area contributed by atoms with Crippen LogP contribution < -0.4 is 11.1 Å². The van der Waals surface area contributed by atoms with Crippen molar-refractivity contribution in [2.75, 3.05) is 37.3 Å². The third-order valence-corrected chi connectivity index (χ3v) is 3.97. The number of likely N-dealkylation sites (tertiary alicyclic amines) is 1. The molecule has 116 valence electrons. The molecule has 1 amide bonds. The second kappa shape index (κ2) is 8.00. The molecule has 5 nitrogen and oxygen atoms in total. The molecular formula is C16H25N3O2.